The average molecular weight is 860 g/mol. The van der Waals surface area contributed by atoms with Gasteiger partial charge in [-0.3, -0.25) is 0 Å². The van der Waals surface area contributed by atoms with Crippen LogP contribution in [0.25, 0.3) is 0 Å². The summed E-state index contributed by atoms with van der Waals surface area (Å²) < 4.78 is 3.25. The first-order valence-electron chi connectivity index (χ1n) is 22.7. The third kappa shape index (κ3) is 40.1. The zero-order valence-corrected chi connectivity index (χ0v) is 40.7. The predicted molar refractivity (Wildman–Crippen MR) is 238 cm³/mol. The monoisotopic (exact) mass is 861 g/mol. The molecule has 0 aliphatic carbocycles. The van der Waals surface area contributed by atoms with E-state index >= 15 is 0 Å². The van der Waals surface area contributed by atoms with E-state index in [0.717, 1.165) is 25.7 Å². The van der Waals surface area contributed by atoms with E-state index in [9.17, 15) is 9.59 Å². The normalized spacial score (nSPS) is 11.3. The van der Waals surface area contributed by atoms with Gasteiger partial charge in [-0.05, 0) is 25.7 Å². The van der Waals surface area contributed by atoms with E-state index < -0.39 is 0 Å². The van der Waals surface area contributed by atoms with Gasteiger partial charge in [0.05, 0.1) is 0 Å². The minimum atomic E-state index is -0.231. The number of rotatable bonds is 36. The van der Waals surface area contributed by atoms with Crippen molar-refractivity contribution in [1.29, 1.82) is 0 Å². The molecule has 51 heavy (non-hydrogen) atoms. The van der Waals surface area contributed by atoms with Crippen LogP contribution >= 0.6 is 0 Å². The molecule has 0 amide bonds. The number of unbranched alkanes of at least 4 members (excludes halogenated alkanes) is 22. The minimum absolute atomic E-state index is 0.00961. The Morgan fingerprint density at radius 2 is 0.549 bits per heavy atom. The summed E-state index contributed by atoms with van der Waals surface area (Å²) in [6, 6.07) is 0. The fourth-order valence-corrected chi connectivity index (χ4v) is 11.1. The molecule has 0 aromatic heterocycles. The third-order valence-electron chi connectivity index (χ3n) is 10.7. The molecule has 5 heteroatoms. The van der Waals surface area contributed by atoms with Crippen molar-refractivity contribution in [2.24, 2.45) is 10.8 Å². The Kier molecular flexibility index (Phi) is 47.5. The van der Waals surface area contributed by atoms with E-state index in [1.54, 1.807) is 8.87 Å². The van der Waals surface area contributed by atoms with Gasteiger partial charge in [0.1, 0.15) is 0 Å². The fraction of sp³-hybridized carbons (Fsp3) is 0.957. The fourth-order valence-electron chi connectivity index (χ4n) is 6.57. The van der Waals surface area contributed by atoms with E-state index in [1.165, 1.54) is 180 Å². The summed E-state index contributed by atoms with van der Waals surface area (Å²) in [6.45, 7) is 17.8. The molecule has 0 N–H and O–H groups in total. The summed E-state index contributed by atoms with van der Waals surface area (Å²) >= 11 is 10.2. The summed E-state index contributed by atoms with van der Waals surface area (Å²) in [4.78, 5) is 23.6. The molecule has 0 saturated carbocycles. The first kappa shape index (κ1) is 55.9. The molecule has 0 saturated heterocycles. The van der Waals surface area contributed by atoms with Gasteiger partial charge >= 0.3 is 69.5 Å². The van der Waals surface area contributed by atoms with Gasteiger partial charge in [-0.2, -0.15) is 0 Å². The van der Waals surface area contributed by atoms with Crippen molar-refractivity contribution in [3.8, 4) is 0 Å². The molecule has 0 aliphatic heterocycles. The molecule has 0 aromatic rings. The predicted octanol–water partition coefficient (Wildman–Crippen LogP) is 16.3. The average Bonchev–Trinajstić information content (AvgIpc) is 3.11. The Hall–Kier alpha value is 0.579. The van der Waals surface area contributed by atoms with Crippen molar-refractivity contribution in [3.05, 3.63) is 0 Å². The van der Waals surface area contributed by atoms with Crippen LogP contribution in [-0.2, 0) is 34.8 Å². The van der Waals surface area contributed by atoms with E-state index in [2.05, 4.69) is 55.4 Å². The molecule has 0 atom stereocenters. The van der Waals surface area contributed by atoms with Crippen molar-refractivity contribution in [2.45, 2.75) is 270 Å². The van der Waals surface area contributed by atoms with E-state index in [4.69, 9.17) is 25.3 Å². The summed E-state index contributed by atoms with van der Waals surface area (Å²) in [5, 5.41) is -0.0192. The van der Waals surface area contributed by atoms with Gasteiger partial charge in [0, 0.05) is 21.1 Å². The molecule has 0 rings (SSSR count). The SMILES string of the molecule is CCCCCCCCC(C)(CCCCCCCC)C(=O)[S-].CCCCCCCCC(C)(CCCCCCCC)C(=O)[S-].CCC[CH2][Sn+2][CH2]CCC. The van der Waals surface area contributed by atoms with Gasteiger partial charge in [0.2, 0.25) is 0 Å². The number of carbonyl (C=O) groups excluding carboxylic acids is 2. The molecule has 0 aliphatic rings. The Bertz CT molecular complexity index is 623. The van der Waals surface area contributed by atoms with Gasteiger partial charge in [-0.1, -0.05) is 196 Å². The number of hydrogen-bond donors (Lipinski definition) is 0. The maximum atomic E-state index is 11.8. The van der Waals surface area contributed by atoms with Crippen LogP contribution in [0.3, 0.4) is 0 Å². The number of carbonyl (C=O) groups is 2. The second kappa shape index (κ2) is 43.3. The van der Waals surface area contributed by atoms with E-state index in [0.29, 0.717) is 0 Å². The molecule has 0 bridgehead atoms. The van der Waals surface area contributed by atoms with Crippen LogP contribution in [0, 0.1) is 10.8 Å². The van der Waals surface area contributed by atoms with Crippen LogP contribution in [0.15, 0.2) is 0 Å². The topological polar surface area (TPSA) is 34.1 Å². The summed E-state index contributed by atoms with van der Waals surface area (Å²) in [6.07, 6.45) is 40.7. The first-order valence-corrected chi connectivity index (χ1v) is 27.5. The van der Waals surface area contributed by atoms with Crippen molar-refractivity contribution in [1.82, 2.24) is 0 Å². The van der Waals surface area contributed by atoms with Crippen LogP contribution < -0.4 is 0 Å². The molecule has 304 valence electrons. The van der Waals surface area contributed by atoms with Gasteiger partial charge in [-0.15, -0.1) is 0 Å². The van der Waals surface area contributed by atoms with E-state index in [-0.39, 0.29) is 42.2 Å². The molecule has 2 nitrogen and oxygen atoms in total. The van der Waals surface area contributed by atoms with Gasteiger partial charge in [0.15, 0.2) is 0 Å². The molecule has 0 aromatic carbocycles. The van der Waals surface area contributed by atoms with Crippen LogP contribution in [0.4, 0.5) is 0 Å². The molecular formula is C46H92O2S2Sn. The molecule has 0 spiro atoms. The van der Waals surface area contributed by atoms with Crippen molar-refractivity contribution in [2.75, 3.05) is 0 Å². The van der Waals surface area contributed by atoms with Crippen molar-refractivity contribution >= 4 is 56.6 Å². The third-order valence-corrected chi connectivity index (χ3v) is 15.8. The van der Waals surface area contributed by atoms with E-state index in [1.807, 2.05) is 0 Å². The molecule has 0 fully saturated rings. The standard InChI is InChI=1S/2C19H38OS.2C4H9.Sn/c2*1-4-6-8-10-12-14-16-19(3,18(20)21)17-15-13-11-9-7-5-2;2*1-3-4-2;/h2*4-17H2,1-3H3,(H,20,21);2*1,3-4H2,2H3;/q;;;;+2/p-2. The van der Waals surface area contributed by atoms with Gasteiger partial charge in [0.25, 0.3) is 0 Å². The van der Waals surface area contributed by atoms with Crippen molar-refractivity contribution in [3.63, 3.8) is 0 Å². The molecular weight excluding hydrogens is 767 g/mol. The number of hydrogen-bond acceptors (Lipinski definition) is 4. The molecule has 0 radical (unpaired) electrons. The zero-order chi connectivity index (χ0) is 38.9. The van der Waals surface area contributed by atoms with Crippen molar-refractivity contribution < 1.29 is 9.59 Å². The summed E-state index contributed by atoms with van der Waals surface area (Å²) in [7, 11) is 0. The van der Waals surface area contributed by atoms with Crippen LogP contribution in [0.1, 0.15) is 261 Å². The molecule has 0 heterocycles. The quantitative estimate of drug-likeness (QED) is 0.0357. The Balaban J connectivity index is -0.000000731. The van der Waals surface area contributed by atoms with Gasteiger partial charge in [-0.25, -0.2) is 0 Å². The first-order chi connectivity index (χ1) is 24.5. The van der Waals surface area contributed by atoms with Gasteiger partial charge < -0.3 is 34.8 Å². The Morgan fingerprint density at radius 3 is 0.745 bits per heavy atom. The Labute approximate surface area is 344 Å². The summed E-state index contributed by atoms with van der Waals surface area (Å²) in [5.41, 5.74) is -0.463. The van der Waals surface area contributed by atoms with Crippen LogP contribution in [0.5, 0.6) is 0 Å². The van der Waals surface area contributed by atoms with Crippen LogP contribution in [0.2, 0.25) is 8.87 Å². The zero-order valence-electron chi connectivity index (χ0n) is 36.2. The Morgan fingerprint density at radius 1 is 0.353 bits per heavy atom. The second-order valence-electron chi connectivity index (χ2n) is 16.2. The maximum absolute atomic E-state index is 11.8. The van der Waals surface area contributed by atoms with Crippen LogP contribution in [-0.4, -0.2) is 31.4 Å². The summed E-state index contributed by atoms with van der Waals surface area (Å²) in [5.74, 6) is 0. The molecule has 0 unspecified atom stereocenters. The second-order valence-corrected chi connectivity index (χ2v) is 21.2.